The second kappa shape index (κ2) is 10.9. The molecule has 2 atom stereocenters. The van der Waals surface area contributed by atoms with Crippen molar-refractivity contribution in [3.63, 3.8) is 0 Å². The van der Waals surface area contributed by atoms with Crippen LogP contribution in [0.2, 0.25) is 5.02 Å². The van der Waals surface area contributed by atoms with Gasteiger partial charge >= 0.3 is 0 Å². The number of benzene rings is 1. The van der Waals surface area contributed by atoms with E-state index < -0.39 is 0 Å². The lowest BCUT2D eigenvalue weighted by Gasteiger charge is -2.39. The molecule has 2 heterocycles. The fraction of sp³-hybridized carbons (Fsp3) is 0.500. The highest BCUT2D eigenvalue weighted by Crippen LogP contribution is 2.26. The van der Waals surface area contributed by atoms with Crippen LogP contribution in [0.25, 0.3) is 0 Å². The molecule has 1 aromatic heterocycles. The van der Waals surface area contributed by atoms with Gasteiger partial charge in [0.15, 0.2) is 5.82 Å². The first-order valence-electron chi connectivity index (χ1n) is 11.2. The molecule has 32 heavy (non-hydrogen) atoms. The maximum absolute atomic E-state index is 13.5. The van der Waals surface area contributed by atoms with Crippen LogP contribution in [-0.2, 0) is 6.54 Å². The predicted octanol–water partition coefficient (Wildman–Crippen LogP) is 4.57. The number of hydrazine groups is 1. The Bertz CT molecular complexity index is 979. The lowest BCUT2D eigenvalue weighted by atomic mass is 9.96. The van der Waals surface area contributed by atoms with Crippen LogP contribution < -0.4 is 10.4 Å². The summed E-state index contributed by atoms with van der Waals surface area (Å²) in [4.78, 5) is 24.1. The van der Waals surface area contributed by atoms with Crippen molar-refractivity contribution in [2.45, 2.75) is 65.6 Å². The monoisotopic (exact) mass is 454 g/mol. The summed E-state index contributed by atoms with van der Waals surface area (Å²) >= 11 is 6.31. The van der Waals surface area contributed by atoms with Gasteiger partial charge in [0.25, 0.3) is 5.91 Å². The molecule has 1 aromatic carbocycles. The van der Waals surface area contributed by atoms with E-state index in [1.54, 1.807) is 6.07 Å². The zero-order valence-electron chi connectivity index (χ0n) is 19.2. The second-order valence-electron chi connectivity index (χ2n) is 8.88. The van der Waals surface area contributed by atoms with E-state index in [4.69, 9.17) is 11.6 Å². The van der Waals surface area contributed by atoms with Crippen molar-refractivity contribution in [3.05, 3.63) is 52.4 Å². The zero-order chi connectivity index (χ0) is 23.3. The Morgan fingerprint density at radius 2 is 2.06 bits per heavy atom. The van der Waals surface area contributed by atoms with Gasteiger partial charge in [0.2, 0.25) is 5.82 Å². The summed E-state index contributed by atoms with van der Waals surface area (Å²) in [6.07, 6.45) is 5.00. The minimum atomic E-state index is -0.281. The number of anilines is 1. The highest BCUT2D eigenvalue weighted by atomic mass is 35.5. The molecule has 0 spiro atoms. The number of hydrogen-bond acceptors (Lipinski definition) is 6. The van der Waals surface area contributed by atoms with Gasteiger partial charge in [-0.1, -0.05) is 44.0 Å². The number of nitrogens with zero attached hydrogens (tertiary/aromatic N) is 5. The smallest absolute Gasteiger partial charge is 0.274 e. The van der Waals surface area contributed by atoms with E-state index in [-0.39, 0.29) is 28.5 Å². The molecular weight excluding hydrogens is 424 g/mol. The third-order valence-electron chi connectivity index (χ3n) is 5.81. The van der Waals surface area contributed by atoms with Crippen LogP contribution in [0.4, 0.5) is 5.82 Å². The molecule has 1 N–H and O–H groups in total. The number of nitrogens with one attached hydrogen (secondary N) is 1. The molecule has 7 nitrogen and oxygen atoms in total. The van der Waals surface area contributed by atoms with Crippen LogP contribution in [0, 0.1) is 17.2 Å². The van der Waals surface area contributed by atoms with E-state index in [1.165, 1.54) is 30.5 Å². The summed E-state index contributed by atoms with van der Waals surface area (Å²) in [6, 6.07) is 10.6. The van der Waals surface area contributed by atoms with E-state index in [2.05, 4.69) is 40.2 Å². The molecule has 3 rings (SSSR count). The lowest BCUT2D eigenvalue weighted by molar-refractivity contribution is 0.0948. The summed E-state index contributed by atoms with van der Waals surface area (Å²) in [7, 11) is 0. The van der Waals surface area contributed by atoms with E-state index in [1.807, 2.05) is 32.0 Å². The zero-order valence-corrected chi connectivity index (χ0v) is 19.9. The summed E-state index contributed by atoms with van der Waals surface area (Å²) in [5.74, 6) is 0.134. The Morgan fingerprint density at radius 1 is 1.34 bits per heavy atom. The number of likely N-dealkylation sites (tertiary alicyclic amines) is 1. The molecule has 8 heteroatoms. The molecule has 1 saturated heterocycles. The van der Waals surface area contributed by atoms with Crippen molar-refractivity contribution in [1.29, 1.82) is 5.26 Å². The van der Waals surface area contributed by atoms with Gasteiger partial charge in [-0.05, 0) is 50.3 Å². The highest BCUT2D eigenvalue weighted by molar-refractivity contribution is 6.33. The van der Waals surface area contributed by atoms with Crippen LogP contribution in [0.1, 0.15) is 68.7 Å². The number of carbonyl (C=O) groups is 1. The summed E-state index contributed by atoms with van der Waals surface area (Å²) in [5, 5.41) is 10.7. The van der Waals surface area contributed by atoms with Gasteiger partial charge in [0.1, 0.15) is 11.1 Å². The van der Waals surface area contributed by atoms with E-state index in [9.17, 15) is 10.1 Å². The third-order valence-corrected chi connectivity index (χ3v) is 6.08. The van der Waals surface area contributed by atoms with E-state index in [0.717, 1.165) is 12.1 Å². The van der Waals surface area contributed by atoms with Crippen molar-refractivity contribution in [3.8, 4) is 6.07 Å². The molecule has 1 fully saturated rings. The van der Waals surface area contributed by atoms with Crippen molar-refractivity contribution in [2.75, 3.05) is 11.6 Å². The van der Waals surface area contributed by atoms with Gasteiger partial charge in [0.05, 0.1) is 6.20 Å². The van der Waals surface area contributed by atoms with Crippen molar-refractivity contribution in [2.24, 2.45) is 5.92 Å². The largest absolute Gasteiger partial charge is 0.294 e. The Labute approximate surface area is 195 Å². The normalized spacial score (nSPS) is 19.0. The topological polar surface area (TPSA) is 85.2 Å². The molecule has 0 saturated carbocycles. The number of aromatic nitrogens is 2. The fourth-order valence-corrected chi connectivity index (χ4v) is 4.19. The first kappa shape index (κ1) is 24.1. The predicted molar refractivity (Wildman–Crippen MR) is 126 cm³/mol. The third kappa shape index (κ3) is 5.83. The number of halogens is 1. The van der Waals surface area contributed by atoms with Gasteiger partial charge in [-0.3, -0.25) is 9.69 Å². The average molecular weight is 455 g/mol. The Morgan fingerprint density at radius 3 is 2.72 bits per heavy atom. The second-order valence-corrected chi connectivity index (χ2v) is 9.28. The van der Waals surface area contributed by atoms with Crippen LogP contribution >= 0.6 is 11.6 Å². The summed E-state index contributed by atoms with van der Waals surface area (Å²) < 4.78 is 0. The van der Waals surface area contributed by atoms with Crippen LogP contribution in [0.15, 0.2) is 30.5 Å². The maximum atomic E-state index is 13.5. The number of carbonyl (C=O) groups excluding carboxylic acids is 1. The van der Waals surface area contributed by atoms with Crippen LogP contribution in [-0.4, -0.2) is 39.4 Å². The van der Waals surface area contributed by atoms with Gasteiger partial charge in [-0.2, -0.15) is 10.2 Å². The maximum Gasteiger partial charge on any atom is 0.274 e. The van der Waals surface area contributed by atoms with Crippen molar-refractivity contribution in [1.82, 2.24) is 20.3 Å². The summed E-state index contributed by atoms with van der Waals surface area (Å²) in [6.45, 7) is 9.96. The SMILES string of the molecule is CC(C)CNN(C(=O)c1cccc(CN2C(C)CCCC2C)c1)c1nc(C#N)ncc1Cl. The molecule has 170 valence electrons. The number of piperidine rings is 1. The van der Waals surface area contributed by atoms with Gasteiger partial charge in [-0.25, -0.2) is 15.4 Å². The number of nitriles is 1. The Kier molecular flexibility index (Phi) is 8.19. The average Bonchev–Trinajstić information content (AvgIpc) is 2.77. The minimum absolute atomic E-state index is 0.0460. The lowest BCUT2D eigenvalue weighted by Crippen LogP contribution is -2.45. The Hall–Kier alpha value is -2.53. The molecule has 1 aliphatic heterocycles. The number of hydrogen-bond donors (Lipinski definition) is 1. The van der Waals surface area contributed by atoms with E-state index >= 15 is 0 Å². The van der Waals surface area contributed by atoms with Crippen LogP contribution in [0.3, 0.4) is 0 Å². The standard InChI is InChI=1S/C24H31ClN6O/c1-16(2)13-28-31(23-21(25)14-27-22(12-26)29-23)24(32)20-10-6-9-19(11-20)15-30-17(3)7-5-8-18(30)4/h6,9-11,14,16-18,28H,5,7-8,13,15H2,1-4H3. The fourth-order valence-electron chi connectivity index (χ4n) is 4.01. The Balaban J connectivity index is 1.89. The molecule has 1 amide bonds. The van der Waals surface area contributed by atoms with Crippen molar-refractivity contribution >= 4 is 23.3 Å². The molecule has 1 aliphatic rings. The molecule has 0 aliphatic carbocycles. The van der Waals surface area contributed by atoms with Crippen LogP contribution in [0.5, 0.6) is 0 Å². The van der Waals surface area contributed by atoms with Gasteiger partial charge in [0, 0.05) is 30.7 Å². The summed E-state index contributed by atoms with van der Waals surface area (Å²) in [5.41, 5.74) is 4.75. The highest BCUT2D eigenvalue weighted by Gasteiger charge is 2.26. The van der Waals surface area contributed by atoms with Gasteiger partial charge < -0.3 is 0 Å². The first-order valence-corrected chi connectivity index (χ1v) is 11.5. The molecule has 0 radical (unpaired) electrons. The minimum Gasteiger partial charge on any atom is -0.294 e. The first-order chi connectivity index (χ1) is 15.3. The van der Waals surface area contributed by atoms with Gasteiger partial charge in [-0.15, -0.1) is 0 Å². The number of amides is 1. The molecule has 2 aromatic rings. The number of rotatable bonds is 7. The quantitative estimate of drug-likeness (QED) is 0.616. The molecular formula is C24H31ClN6O. The van der Waals surface area contributed by atoms with Crippen molar-refractivity contribution < 1.29 is 4.79 Å². The van der Waals surface area contributed by atoms with E-state index in [0.29, 0.717) is 24.2 Å². The molecule has 0 bridgehead atoms. The molecule has 2 unspecified atom stereocenters.